The van der Waals surface area contributed by atoms with Gasteiger partial charge in [-0.05, 0) is 54.5 Å². The molecule has 0 unspecified atom stereocenters. The molecule has 0 N–H and O–H groups in total. The highest BCUT2D eigenvalue weighted by Crippen LogP contribution is 2.26. The molecule has 31 heavy (non-hydrogen) atoms. The minimum atomic E-state index is 0.337. The number of benzene rings is 2. The first kappa shape index (κ1) is 20.9. The smallest absolute Gasteiger partial charge is 0.172 e. The van der Waals surface area contributed by atoms with Crippen LogP contribution in [0.5, 0.6) is 5.75 Å². The zero-order valence-electron chi connectivity index (χ0n) is 17.9. The van der Waals surface area contributed by atoms with Crippen LogP contribution in [-0.2, 0) is 0 Å². The molecular formula is C28H27NO2. The van der Waals surface area contributed by atoms with E-state index in [1.807, 2.05) is 36.4 Å². The summed E-state index contributed by atoms with van der Waals surface area (Å²) in [6, 6.07) is 18.3. The Balaban J connectivity index is 1.56. The second kappa shape index (κ2) is 10.1. The molecule has 0 aliphatic heterocycles. The van der Waals surface area contributed by atoms with Gasteiger partial charge in [-0.1, -0.05) is 73.6 Å². The molecule has 3 nitrogen and oxygen atoms in total. The first-order chi connectivity index (χ1) is 15.2. The maximum absolute atomic E-state index is 11.4. The number of carbonyl (C=O) groups is 1. The lowest BCUT2D eigenvalue weighted by Gasteiger charge is -2.21. The Morgan fingerprint density at radius 2 is 1.84 bits per heavy atom. The van der Waals surface area contributed by atoms with E-state index in [1.165, 1.54) is 43.2 Å². The molecule has 3 aromatic rings. The predicted octanol–water partition coefficient (Wildman–Crippen LogP) is 6.23. The maximum Gasteiger partial charge on any atom is 0.172 e. The molecule has 156 valence electrons. The summed E-state index contributed by atoms with van der Waals surface area (Å²) in [5.41, 5.74) is 5.56. The van der Waals surface area contributed by atoms with Gasteiger partial charge in [0.2, 0.25) is 0 Å². The molecule has 1 aromatic heterocycles. The van der Waals surface area contributed by atoms with Crippen molar-refractivity contribution in [2.24, 2.45) is 5.92 Å². The van der Waals surface area contributed by atoms with Crippen LogP contribution in [0.3, 0.4) is 0 Å². The quantitative estimate of drug-likeness (QED) is 0.370. The van der Waals surface area contributed by atoms with Crippen molar-refractivity contribution in [3.8, 4) is 28.7 Å². The van der Waals surface area contributed by atoms with Gasteiger partial charge in [-0.2, -0.15) is 0 Å². The molecule has 1 aliphatic rings. The van der Waals surface area contributed by atoms with Gasteiger partial charge in [-0.3, -0.25) is 4.79 Å². The SMILES string of the molecule is Cc1c(C#Cc2cnc(C=O)c(OCC3CCCCC3)c2)cccc1-c1ccccc1. The summed E-state index contributed by atoms with van der Waals surface area (Å²) in [5, 5.41) is 0. The van der Waals surface area contributed by atoms with Crippen LogP contribution in [0, 0.1) is 24.7 Å². The largest absolute Gasteiger partial charge is 0.491 e. The van der Waals surface area contributed by atoms with E-state index in [1.54, 1.807) is 6.20 Å². The Hall–Kier alpha value is -3.38. The highest BCUT2D eigenvalue weighted by Gasteiger charge is 2.15. The van der Waals surface area contributed by atoms with Gasteiger partial charge in [0, 0.05) is 17.3 Å². The molecule has 0 bridgehead atoms. The van der Waals surface area contributed by atoms with Gasteiger partial charge in [0.25, 0.3) is 0 Å². The van der Waals surface area contributed by atoms with Crippen molar-refractivity contribution in [2.75, 3.05) is 6.61 Å². The van der Waals surface area contributed by atoms with Gasteiger partial charge in [0.05, 0.1) is 6.61 Å². The van der Waals surface area contributed by atoms with Crippen molar-refractivity contribution in [1.29, 1.82) is 0 Å². The molecule has 2 aromatic carbocycles. The highest BCUT2D eigenvalue weighted by molar-refractivity contribution is 5.76. The molecule has 4 rings (SSSR count). The Kier molecular flexibility index (Phi) is 6.79. The molecular weight excluding hydrogens is 382 g/mol. The normalized spacial score (nSPS) is 13.8. The number of nitrogens with zero attached hydrogens (tertiary/aromatic N) is 1. The van der Waals surface area contributed by atoms with Gasteiger partial charge in [0.1, 0.15) is 11.4 Å². The zero-order valence-corrected chi connectivity index (χ0v) is 17.9. The van der Waals surface area contributed by atoms with Gasteiger partial charge in [0.15, 0.2) is 6.29 Å². The van der Waals surface area contributed by atoms with Crippen molar-refractivity contribution in [2.45, 2.75) is 39.0 Å². The van der Waals surface area contributed by atoms with Gasteiger partial charge in [-0.15, -0.1) is 0 Å². The van der Waals surface area contributed by atoms with Crippen molar-refractivity contribution in [3.63, 3.8) is 0 Å². The molecule has 0 amide bonds. The highest BCUT2D eigenvalue weighted by atomic mass is 16.5. The first-order valence-corrected chi connectivity index (χ1v) is 11.0. The lowest BCUT2D eigenvalue weighted by Crippen LogP contribution is -2.16. The molecule has 1 aliphatic carbocycles. The summed E-state index contributed by atoms with van der Waals surface area (Å²) in [6.45, 7) is 2.73. The summed E-state index contributed by atoms with van der Waals surface area (Å²) in [7, 11) is 0. The maximum atomic E-state index is 11.4. The fourth-order valence-electron chi connectivity index (χ4n) is 4.13. The monoisotopic (exact) mass is 409 g/mol. The molecule has 0 radical (unpaired) electrons. The average Bonchev–Trinajstić information content (AvgIpc) is 2.83. The Morgan fingerprint density at radius 1 is 1.03 bits per heavy atom. The van der Waals surface area contributed by atoms with Crippen molar-refractivity contribution in [1.82, 2.24) is 4.98 Å². The standard InChI is InChI=1S/C28H27NO2/c1-21-24(13-8-14-26(21)25-11-6-3-7-12-25)16-15-23-17-28(27(19-30)29-18-23)31-20-22-9-4-2-5-10-22/h3,6-8,11-14,17-19,22H,2,4-5,9-10,20H2,1H3. The van der Waals surface area contributed by atoms with Crippen LogP contribution < -0.4 is 4.74 Å². The fourth-order valence-corrected chi connectivity index (χ4v) is 4.13. The van der Waals surface area contributed by atoms with Gasteiger partial charge in [-0.25, -0.2) is 4.98 Å². The topological polar surface area (TPSA) is 39.2 Å². The van der Waals surface area contributed by atoms with Crippen LogP contribution in [0.4, 0.5) is 0 Å². The average molecular weight is 410 g/mol. The molecule has 1 saturated carbocycles. The van der Waals surface area contributed by atoms with Gasteiger partial charge < -0.3 is 4.74 Å². The summed E-state index contributed by atoms with van der Waals surface area (Å²) < 4.78 is 6.00. The third-order valence-corrected chi connectivity index (χ3v) is 5.95. The zero-order chi connectivity index (χ0) is 21.5. The van der Waals surface area contributed by atoms with E-state index in [0.717, 1.165) is 23.0 Å². The second-order valence-corrected chi connectivity index (χ2v) is 8.13. The van der Waals surface area contributed by atoms with E-state index in [2.05, 4.69) is 41.9 Å². The number of hydrogen-bond donors (Lipinski definition) is 0. The molecule has 1 fully saturated rings. The van der Waals surface area contributed by atoms with Crippen LogP contribution in [-0.4, -0.2) is 17.9 Å². The van der Waals surface area contributed by atoms with E-state index in [-0.39, 0.29) is 0 Å². The van der Waals surface area contributed by atoms with E-state index < -0.39 is 0 Å². The molecule has 0 saturated heterocycles. The summed E-state index contributed by atoms with van der Waals surface area (Å²) >= 11 is 0. The number of aldehydes is 1. The number of pyridine rings is 1. The number of aromatic nitrogens is 1. The number of hydrogen-bond acceptors (Lipinski definition) is 3. The fraction of sp³-hybridized carbons (Fsp3) is 0.286. The number of carbonyl (C=O) groups excluding carboxylic acids is 1. The van der Waals surface area contributed by atoms with Crippen LogP contribution in [0.15, 0.2) is 60.8 Å². The third kappa shape index (κ3) is 5.22. The van der Waals surface area contributed by atoms with Crippen molar-refractivity contribution < 1.29 is 9.53 Å². The molecule has 0 atom stereocenters. The summed E-state index contributed by atoms with van der Waals surface area (Å²) in [4.78, 5) is 15.7. The molecule has 1 heterocycles. The van der Waals surface area contributed by atoms with Crippen LogP contribution >= 0.6 is 0 Å². The first-order valence-electron chi connectivity index (χ1n) is 11.0. The Morgan fingerprint density at radius 3 is 2.61 bits per heavy atom. The van der Waals surface area contributed by atoms with E-state index in [9.17, 15) is 4.79 Å². The Bertz CT molecular complexity index is 1100. The summed E-state index contributed by atoms with van der Waals surface area (Å²) in [5.74, 6) is 7.57. The predicted molar refractivity (Wildman–Crippen MR) is 124 cm³/mol. The van der Waals surface area contributed by atoms with E-state index in [4.69, 9.17) is 4.74 Å². The molecule has 3 heteroatoms. The van der Waals surface area contributed by atoms with Crippen molar-refractivity contribution >= 4 is 6.29 Å². The van der Waals surface area contributed by atoms with E-state index in [0.29, 0.717) is 24.0 Å². The van der Waals surface area contributed by atoms with Crippen LogP contribution in [0.25, 0.3) is 11.1 Å². The minimum absolute atomic E-state index is 0.337. The van der Waals surface area contributed by atoms with E-state index >= 15 is 0 Å². The van der Waals surface area contributed by atoms with Gasteiger partial charge >= 0.3 is 0 Å². The lowest BCUT2D eigenvalue weighted by atomic mass is 9.90. The van der Waals surface area contributed by atoms with Crippen molar-refractivity contribution in [3.05, 3.63) is 83.2 Å². The second-order valence-electron chi connectivity index (χ2n) is 8.13. The Labute approximate surface area is 184 Å². The van der Waals surface area contributed by atoms with Crippen LogP contribution in [0.2, 0.25) is 0 Å². The van der Waals surface area contributed by atoms with Crippen LogP contribution in [0.1, 0.15) is 59.3 Å². The number of rotatable bonds is 5. The third-order valence-electron chi connectivity index (χ3n) is 5.95. The number of ether oxygens (including phenoxy) is 1. The summed E-state index contributed by atoms with van der Waals surface area (Å²) in [6.07, 6.45) is 8.62. The minimum Gasteiger partial charge on any atom is -0.491 e. The molecule has 0 spiro atoms. The lowest BCUT2D eigenvalue weighted by molar-refractivity contribution is 0.111.